The quantitative estimate of drug-likeness (QED) is 0.401. The SMILES string of the molecule is COC(=O)CN(Cc1ccc(Cl)cc1)C(=O)CCc1ncc(-c2ccc(Cl)cc2Cl)o1. The Balaban J connectivity index is 1.66. The van der Waals surface area contributed by atoms with Gasteiger partial charge >= 0.3 is 5.97 Å². The Morgan fingerprint density at radius 2 is 1.77 bits per heavy atom. The maximum absolute atomic E-state index is 12.8. The molecule has 0 atom stereocenters. The maximum Gasteiger partial charge on any atom is 0.325 e. The Kier molecular flexibility index (Phi) is 7.96. The first-order valence-corrected chi connectivity index (χ1v) is 10.5. The van der Waals surface area contributed by atoms with E-state index in [-0.39, 0.29) is 31.8 Å². The van der Waals surface area contributed by atoms with E-state index in [1.54, 1.807) is 48.7 Å². The predicted octanol–water partition coefficient (Wildman–Crippen LogP) is 5.44. The van der Waals surface area contributed by atoms with Gasteiger partial charge in [0.05, 0.1) is 18.3 Å². The summed E-state index contributed by atoms with van der Waals surface area (Å²) >= 11 is 18.0. The third kappa shape index (κ3) is 6.47. The molecule has 1 aromatic heterocycles. The lowest BCUT2D eigenvalue weighted by Gasteiger charge is -2.21. The van der Waals surface area contributed by atoms with Crippen LogP contribution in [-0.4, -0.2) is 35.4 Å². The average Bonchev–Trinajstić information content (AvgIpc) is 3.21. The molecule has 0 aliphatic heterocycles. The van der Waals surface area contributed by atoms with Crippen LogP contribution in [0.2, 0.25) is 15.1 Å². The molecule has 0 aliphatic rings. The average molecular weight is 482 g/mol. The molecule has 1 heterocycles. The number of carbonyl (C=O) groups excluding carboxylic acids is 2. The van der Waals surface area contributed by atoms with E-state index in [0.29, 0.717) is 32.3 Å². The number of rotatable bonds is 8. The third-order valence-corrected chi connectivity index (χ3v) is 5.29. The van der Waals surface area contributed by atoms with Crippen LogP contribution in [0, 0.1) is 0 Å². The summed E-state index contributed by atoms with van der Waals surface area (Å²) < 4.78 is 10.5. The number of methoxy groups -OCH3 is 1. The van der Waals surface area contributed by atoms with E-state index in [2.05, 4.69) is 4.98 Å². The van der Waals surface area contributed by atoms with Gasteiger partial charge in [-0.3, -0.25) is 9.59 Å². The Hall–Kier alpha value is -2.54. The molecule has 0 spiro atoms. The monoisotopic (exact) mass is 480 g/mol. The molecule has 0 radical (unpaired) electrons. The number of hydrogen-bond acceptors (Lipinski definition) is 5. The number of aromatic nitrogens is 1. The molecule has 162 valence electrons. The molecule has 0 N–H and O–H groups in total. The van der Waals surface area contributed by atoms with Gasteiger partial charge in [0.15, 0.2) is 11.7 Å². The van der Waals surface area contributed by atoms with E-state index >= 15 is 0 Å². The van der Waals surface area contributed by atoms with E-state index in [1.165, 1.54) is 12.0 Å². The second-order valence-corrected chi connectivity index (χ2v) is 7.97. The Morgan fingerprint density at radius 1 is 1.06 bits per heavy atom. The number of oxazole rings is 1. The number of carbonyl (C=O) groups is 2. The van der Waals surface area contributed by atoms with Crippen molar-refractivity contribution in [1.29, 1.82) is 0 Å². The lowest BCUT2D eigenvalue weighted by Crippen LogP contribution is -2.35. The van der Waals surface area contributed by atoms with Gasteiger partial charge < -0.3 is 14.1 Å². The van der Waals surface area contributed by atoms with Crippen molar-refractivity contribution in [3.63, 3.8) is 0 Å². The first-order valence-electron chi connectivity index (χ1n) is 9.35. The molecule has 9 heteroatoms. The number of hydrogen-bond donors (Lipinski definition) is 0. The van der Waals surface area contributed by atoms with E-state index in [0.717, 1.165) is 5.56 Å². The van der Waals surface area contributed by atoms with Gasteiger partial charge in [-0.2, -0.15) is 0 Å². The van der Waals surface area contributed by atoms with Crippen LogP contribution >= 0.6 is 34.8 Å². The van der Waals surface area contributed by atoms with Crippen molar-refractivity contribution in [3.05, 3.63) is 75.2 Å². The highest BCUT2D eigenvalue weighted by Crippen LogP contribution is 2.30. The predicted molar refractivity (Wildman–Crippen MR) is 119 cm³/mol. The zero-order chi connectivity index (χ0) is 22.4. The molecule has 0 fully saturated rings. The Bertz CT molecular complexity index is 1070. The Labute approximate surface area is 194 Å². The van der Waals surface area contributed by atoms with Gasteiger partial charge in [-0.05, 0) is 35.9 Å². The van der Waals surface area contributed by atoms with Gasteiger partial charge in [-0.15, -0.1) is 0 Å². The molecule has 0 bridgehead atoms. The van der Waals surface area contributed by atoms with E-state index in [9.17, 15) is 9.59 Å². The standard InChI is InChI=1S/C22H19Cl3N2O4/c1-30-22(29)13-27(12-14-2-4-15(23)5-3-14)21(28)9-8-20-26-11-19(31-20)17-7-6-16(24)10-18(17)25/h2-7,10-11H,8-9,12-13H2,1H3. The molecule has 2 aromatic carbocycles. The van der Waals surface area contributed by atoms with E-state index in [4.69, 9.17) is 44.0 Å². The summed E-state index contributed by atoms with van der Waals surface area (Å²) in [7, 11) is 1.28. The van der Waals surface area contributed by atoms with Crippen molar-refractivity contribution in [1.82, 2.24) is 9.88 Å². The summed E-state index contributed by atoms with van der Waals surface area (Å²) in [6.07, 6.45) is 1.93. The number of nitrogens with zero attached hydrogens (tertiary/aromatic N) is 2. The van der Waals surface area contributed by atoms with Gasteiger partial charge in [-0.1, -0.05) is 46.9 Å². The van der Waals surface area contributed by atoms with Crippen LogP contribution in [0.4, 0.5) is 0 Å². The van der Waals surface area contributed by atoms with Crippen molar-refractivity contribution < 1.29 is 18.7 Å². The highest BCUT2D eigenvalue weighted by molar-refractivity contribution is 6.36. The van der Waals surface area contributed by atoms with Gasteiger partial charge in [0.1, 0.15) is 6.54 Å². The number of ether oxygens (including phenoxy) is 1. The number of halogens is 3. The molecule has 0 aliphatic carbocycles. The van der Waals surface area contributed by atoms with Gasteiger partial charge in [0, 0.05) is 35.0 Å². The number of benzene rings is 2. The molecule has 0 saturated carbocycles. The summed E-state index contributed by atoms with van der Waals surface area (Å²) in [5.41, 5.74) is 1.50. The van der Waals surface area contributed by atoms with Crippen molar-refractivity contribution in [2.45, 2.75) is 19.4 Å². The van der Waals surface area contributed by atoms with Crippen molar-refractivity contribution >= 4 is 46.7 Å². The minimum Gasteiger partial charge on any atom is -0.468 e. The lowest BCUT2D eigenvalue weighted by molar-refractivity contribution is -0.147. The summed E-state index contributed by atoms with van der Waals surface area (Å²) in [5.74, 6) is 0.137. The number of amides is 1. The second kappa shape index (κ2) is 10.7. The van der Waals surface area contributed by atoms with Crippen LogP contribution in [0.1, 0.15) is 17.9 Å². The van der Waals surface area contributed by atoms with E-state index in [1.807, 2.05) is 0 Å². The van der Waals surface area contributed by atoms with Gasteiger partial charge in [0.25, 0.3) is 0 Å². The maximum atomic E-state index is 12.8. The smallest absolute Gasteiger partial charge is 0.325 e. The molecule has 3 aromatic rings. The van der Waals surface area contributed by atoms with Gasteiger partial charge in [0.2, 0.25) is 5.91 Å². The largest absolute Gasteiger partial charge is 0.468 e. The third-order valence-electron chi connectivity index (χ3n) is 4.49. The minimum atomic E-state index is -0.502. The normalized spacial score (nSPS) is 10.7. The summed E-state index contributed by atoms with van der Waals surface area (Å²) in [5, 5.41) is 1.55. The van der Waals surface area contributed by atoms with Crippen LogP contribution in [0.25, 0.3) is 11.3 Å². The topological polar surface area (TPSA) is 72.6 Å². The highest BCUT2D eigenvalue weighted by atomic mass is 35.5. The van der Waals surface area contributed by atoms with Crippen LogP contribution in [0.5, 0.6) is 0 Å². The summed E-state index contributed by atoms with van der Waals surface area (Å²) in [4.78, 5) is 30.2. The molecule has 31 heavy (non-hydrogen) atoms. The minimum absolute atomic E-state index is 0.110. The van der Waals surface area contributed by atoms with Crippen LogP contribution in [0.3, 0.4) is 0 Å². The summed E-state index contributed by atoms with van der Waals surface area (Å²) in [6.45, 7) is 0.0947. The fourth-order valence-electron chi connectivity index (χ4n) is 2.87. The van der Waals surface area contributed by atoms with Crippen LogP contribution < -0.4 is 0 Å². The highest BCUT2D eigenvalue weighted by Gasteiger charge is 2.19. The van der Waals surface area contributed by atoms with E-state index < -0.39 is 5.97 Å². The first kappa shape index (κ1) is 23.1. The molecule has 3 rings (SSSR count). The zero-order valence-electron chi connectivity index (χ0n) is 16.6. The zero-order valence-corrected chi connectivity index (χ0v) is 18.9. The van der Waals surface area contributed by atoms with Crippen LogP contribution in [0.15, 0.2) is 53.1 Å². The fourth-order valence-corrected chi connectivity index (χ4v) is 3.50. The number of esters is 1. The molecular formula is C22H19Cl3N2O4. The Morgan fingerprint density at radius 3 is 2.45 bits per heavy atom. The fraction of sp³-hybridized carbons (Fsp3) is 0.227. The number of aryl methyl sites for hydroxylation is 1. The first-order chi connectivity index (χ1) is 14.9. The van der Waals surface area contributed by atoms with Crippen molar-refractivity contribution in [2.75, 3.05) is 13.7 Å². The molecule has 0 unspecified atom stereocenters. The van der Waals surface area contributed by atoms with Crippen LogP contribution in [-0.2, 0) is 27.3 Å². The van der Waals surface area contributed by atoms with Crippen molar-refractivity contribution in [2.24, 2.45) is 0 Å². The second-order valence-electron chi connectivity index (χ2n) is 6.69. The molecule has 0 saturated heterocycles. The molecule has 1 amide bonds. The lowest BCUT2D eigenvalue weighted by atomic mass is 10.2. The summed E-state index contributed by atoms with van der Waals surface area (Å²) in [6, 6.07) is 12.1. The van der Waals surface area contributed by atoms with Gasteiger partial charge in [-0.25, -0.2) is 4.98 Å². The molecular weight excluding hydrogens is 463 g/mol. The van der Waals surface area contributed by atoms with Crippen molar-refractivity contribution in [3.8, 4) is 11.3 Å². The molecule has 6 nitrogen and oxygen atoms in total.